The lowest BCUT2D eigenvalue weighted by Crippen LogP contribution is -2.30. The summed E-state index contributed by atoms with van der Waals surface area (Å²) in [6, 6.07) is 0. The smallest absolute Gasteiger partial charge is 0.306 e. The number of hydrogen-bond donors (Lipinski definition) is 0. The zero-order valence-corrected chi connectivity index (χ0v) is 52.9. The van der Waals surface area contributed by atoms with Crippen molar-refractivity contribution >= 4 is 17.9 Å². The van der Waals surface area contributed by atoms with E-state index in [0.717, 1.165) is 96.3 Å². The molecule has 0 aliphatic rings. The van der Waals surface area contributed by atoms with Gasteiger partial charge in [-0.25, -0.2) is 0 Å². The van der Waals surface area contributed by atoms with Crippen LogP contribution in [-0.4, -0.2) is 37.2 Å². The lowest BCUT2D eigenvalue weighted by molar-refractivity contribution is -0.167. The first-order valence-electron chi connectivity index (χ1n) is 34.8. The Morgan fingerprint density at radius 2 is 0.494 bits per heavy atom. The summed E-state index contributed by atoms with van der Waals surface area (Å²) in [4.78, 5) is 38.1. The summed E-state index contributed by atoms with van der Waals surface area (Å²) in [5, 5.41) is 0. The van der Waals surface area contributed by atoms with Gasteiger partial charge in [-0.2, -0.15) is 0 Å². The normalized spacial score (nSPS) is 12.4. The minimum Gasteiger partial charge on any atom is -0.462 e. The Kier molecular flexibility index (Phi) is 65.1. The first-order chi connectivity index (χ1) is 39.0. The monoisotopic (exact) mass is 1110 g/mol. The van der Waals surface area contributed by atoms with Crippen LogP contribution < -0.4 is 0 Å². The van der Waals surface area contributed by atoms with Gasteiger partial charge >= 0.3 is 17.9 Å². The summed E-state index contributed by atoms with van der Waals surface area (Å²) in [5.74, 6) is -0.874. The van der Waals surface area contributed by atoms with Gasteiger partial charge in [-0.05, 0) is 64.2 Å². The van der Waals surface area contributed by atoms with Crippen molar-refractivity contribution in [1.82, 2.24) is 0 Å². The molecule has 1 unspecified atom stereocenters. The predicted molar refractivity (Wildman–Crippen MR) is 344 cm³/mol. The molecule has 0 spiro atoms. The fourth-order valence-electron chi connectivity index (χ4n) is 10.4. The number of ether oxygens (including phenoxy) is 3. The summed E-state index contributed by atoms with van der Waals surface area (Å²) < 4.78 is 16.9. The molecule has 0 saturated heterocycles. The molecular weight excluding hydrogens is 973 g/mol. The van der Waals surface area contributed by atoms with Crippen molar-refractivity contribution < 1.29 is 28.6 Å². The first kappa shape index (κ1) is 76.1. The van der Waals surface area contributed by atoms with E-state index in [1.807, 2.05) is 0 Å². The predicted octanol–water partition coefficient (Wildman–Crippen LogP) is 23.9. The van der Waals surface area contributed by atoms with Gasteiger partial charge in [0.1, 0.15) is 13.2 Å². The van der Waals surface area contributed by atoms with Gasteiger partial charge in [0.05, 0.1) is 0 Å². The molecule has 0 heterocycles. The molecule has 1 atom stereocenters. The fraction of sp³-hybridized carbons (Fsp3) is 0.822. The molecular formula is C73H132O6. The van der Waals surface area contributed by atoms with Crippen molar-refractivity contribution in [2.45, 2.75) is 374 Å². The summed E-state index contributed by atoms with van der Waals surface area (Å²) in [5.41, 5.74) is 0. The summed E-state index contributed by atoms with van der Waals surface area (Å²) in [6.07, 6.45) is 87.2. The summed E-state index contributed by atoms with van der Waals surface area (Å²) >= 11 is 0. The van der Waals surface area contributed by atoms with Crippen LogP contribution in [0.15, 0.2) is 60.8 Å². The van der Waals surface area contributed by atoms with Crippen LogP contribution >= 0.6 is 0 Å². The summed E-state index contributed by atoms with van der Waals surface area (Å²) in [6.45, 7) is 6.53. The highest BCUT2D eigenvalue weighted by atomic mass is 16.6. The summed E-state index contributed by atoms with van der Waals surface area (Å²) in [7, 11) is 0. The van der Waals surface area contributed by atoms with Gasteiger partial charge in [-0.15, -0.1) is 0 Å². The van der Waals surface area contributed by atoms with E-state index in [1.165, 1.54) is 231 Å². The van der Waals surface area contributed by atoms with Gasteiger partial charge in [-0.1, -0.05) is 345 Å². The highest BCUT2D eigenvalue weighted by molar-refractivity contribution is 5.71. The molecule has 0 rings (SSSR count). The average molecular weight is 1110 g/mol. The second-order valence-electron chi connectivity index (χ2n) is 23.4. The molecule has 460 valence electrons. The van der Waals surface area contributed by atoms with E-state index in [0.29, 0.717) is 19.3 Å². The Hall–Kier alpha value is -2.89. The van der Waals surface area contributed by atoms with Crippen LogP contribution in [0, 0.1) is 0 Å². The van der Waals surface area contributed by atoms with Crippen molar-refractivity contribution in [2.24, 2.45) is 0 Å². The van der Waals surface area contributed by atoms with Crippen LogP contribution in [-0.2, 0) is 28.6 Å². The molecule has 0 aliphatic heterocycles. The van der Waals surface area contributed by atoms with Crippen LogP contribution in [0.4, 0.5) is 0 Å². The Labute approximate surface area is 491 Å². The third-order valence-electron chi connectivity index (χ3n) is 15.5. The van der Waals surface area contributed by atoms with Crippen molar-refractivity contribution in [2.75, 3.05) is 13.2 Å². The molecule has 0 radical (unpaired) electrons. The third-order valence-corrected chi connectivity index (χ3v) is 15.5. The molecule has 0 aromatic heterocycles. The second kappa shape index (κ2) is 67.6. The van der Waals surface area contributed by atoms with E-state index >= 15 is 0 Å². The van der Waals surface area contributed by atoms with Gasteiger partial charge < -0.3 is 14.2 Å². The van der Waals surface area contributed by atoms with Gasteiger partial charge in [0.15, 0.2) is 6.10 Å². The van der Waals surface area contributed by atoms with E-state index in [4.69, 9.17) is 14.2 Å². The van der Waals surface area contributed by atoms with E-state index < -0.39 is 6.10 Å². The second-order valence-corrected chi connectivity index (χ2v) is 23.4. The third kappa shape index (κ3) is 65.8. The molecule has 0 fully saturated rings. The maximum atomic E-state index is 12.9. The van der Waals surface area contributed by atoms with Gasteiger partial charge in [0.2, 0.25) is 0 Å². The number of carbonyl (C=O) groups excluding carboxylic acids is 3. The molecule has 0 saturated carbocycles. The Morgan fingerprint density at radius 1 is 0.266 bits per heavy atom. The lowest BCUT2D eigenvalue weighted by Gasteiger charge is -2.18. The Bertz CT molecular complexity index is 1410. The zero-order valence-electron chi connectivity index (χ0n) is 52.9. The van der Waals surface area contributed by atoms with Crippen molar-refractivity contribution in [3.8, 4) is 0 Å². The maximum Gasteiger partial charge on any atom is 0.306 e. The topological polar surface area (TPSA) is 78.9 Å². The number of rotatable bonds is 64. The first-order valence-corrected chi connectivity index (χ1v) is 34.8. The Morgan fingerprint density at radius 3 is 0.772 bits per heavy atom. The average Bonchev–Trinajstić information content (AvgIpc) is 3.45. The molecule has 0 N–H and O–H groups in total. The van der Waals surface area contributed by atoms with E-state index in [-0.39, 0.29) is 31.1 Å². The quantitative estimate of drug-likeness (QED) is 0.0261. The van der Waals surface area contributed by atoms with E-state index in [9.17, 15) is 14.4 Å². The van der Waals surface area contributed by atoms with Crippen LogP contribution in [0.3, 0.4) is 0 Å². The molecule has 0 bridgehead atoms. The number of allylic oxidation sites excluding steroid dienone is 10. The molecule has 6 heteroatoms. The largest absolute Gasteiger partial charge is 0.462 e. The van der Waals surface area contributed by atoms with Crippen LogP contribution in [0.5, 0.6) is 0 Å². The molecule has 0 aromatic rings. The number of carbonyl (C=O) groups is 3. The fourth-order valence-corrected chi connectivity index (χ4v) is 10.4. The molecule has 6 nitrogen and oxygen atoms in total. The van der Waals surface area contributed by atoms with E-state index in [1.54, 1.807) is 0 Å². The highest BCUT2D eigenvalue weighted by Gasteiger charge is 2.19. The molecule has 79 heavy (non-hydrogen) atoms. The minimum atomic E-state index is -0.777. The van der Waals surface area contributed by atoms with Crippen LogP contribution in [0.2, 0.25) is 0 Å². The van der Waals surface area contributed by atoms with Crippen LogP contribution in [0.25, 0.3) is 0 Å². The van der Waals surface area contributed by atoms with Gasteiger partial charge in [0, 0.05) is 19.3 Å². The molecule has 0 aromatic carbocycles. The maximum absolute atomic E-state index is 12.9. The zero-order chi connectivity index (χ0) is 57.1. The molecule has 0 amide bonds. The molecule has 0 aliphatic carbocycles. The van der Waals surface area contributed by atoms with Crippen LogP contribution in [0.1, 0.15) is 367 Å². The number of unbranched alkanes of at least 4 members (excludes halogenated alkanes) is 43. The van der Waals surface area contributed by atoms with Crippen molar-refractivity contribution in [1.29, 1.82) is 0 Å². The number of hydrogen-bond acceptors (Lipinski definition) is 6. The Balaban J connectivity index is 4.03. The van der Waals surface area contributed by atoms with Gasteiger partial charge in [0.25, 0.3) is 0 Å². The standard InChI is InChI=1S/C73H132O6/c1-4-7-10-13-16-18-20-22-24-26-28-30-32-33-34-35-36-37-38-39-41-42-44-46-48-50-52-54-57-60-63-66-72(75)78-69-70(68-77-71(74)65-62-59-56-15-12-9-6-3)79-73(76)67-64-61-58-55-53-51-49-47-45-43-40-31-29-27-25-23-21-19-17-14-11-8-5-2/h8,11,17,19,23,25,29,31,43,45,70H,4-7,9-10,12-16,18,20-22,24,26-28,30,32-42,44,46-69H2,1-3H3/b11-8-,19-17-,25-23-,31-29-,45-43-. The SMILES string of the molecule is CC/C=C\C/C=C\C/C=C\C/C=C\C/C=C\CCCCCCCCCC(=O)OC(COC(=O)CCCCCCCCC)COC(=O)CCCCCCCCCCCCCCCCCCCCCCCCCCCCCCCCC. The van der Waals surface area contributed by atoms with Crippen molar-refractivity contribution in [3.63, 3.8) is 0 Å². The van der Waals surface area contributed by atoms with Crippen molar-refractivity contribution in [3.05, 3.63) is 60.8 Å². The highest BCUT2D eigenvalue weighted by Crippen LogP contribution is 2.18. The lowest BCUT2D eigenvalue weighted by atomic mass is 10.0. The van der Waals surface area contributed by atoms with Gasteiger partial charge in [-0.3, -0.25) is 14.4 Å². The minimum absolute atomic E-state index is 0.0749. The number of esters is 3. The van der Waals surface area contributed by atoms with E-state index in [2.05, 4.69) is 81.5 Å².